The van der Waals surface area contributed by atoms with Gasteiger partial charge in [0.15, 0.2) is 39.0 Å². The number of methoxy groups -OCH3 is 2. The number of aromatic nitrogens is 10. The summed E-state index contributed by atoms with van der Waals surface area (Å²) in [6.07, 6.45) is 3.09. The molecule has 6 aromatic rings. The highest BCUT2D eigenvalue weighted by Crippen LogP contribution is 2.39. The minimum atomic E-state index is -0.602. The summed E-state index contributed by atoms with van der Waals surface area (Å²) in [4.78, 5) is 25.8. The Morgan fingerprint density at radius 1 is 0.727 bits per heavy atom. The molecule has 0 radical (unpaired) electrons. The maximum absolute atomic E-state index is 14.6. The highest BCUT2D eigenvalue weighted by Gasteiger charge is 2.22. The van der Waals surface area contributed by atoms with Crippen molar-refractivity contribution in [2.75, 3.05) is 39.4 Å². The number of aryl methyl sites for hydroxylation is 2. The van der Waals surface area contributed by atoms with Gasteiger partial charge < -0.3 is 31.2 Å². The summed E-state index contributed by atoms with van der Waals surface area (Å²) in [5.74, 6) is -1.54. The fourth-order valence-corrected chi connectivity index (χ4v) is 5.10. The van der Waals surface area contributed by atoms with E-state index in [1.165, 1.54) is 74.4 Å². The second-order valence-corrected chi connectivity index (χ2v) is 11.7. The molecular formula is C32H31Cl3F2N14O4. The van der Waals surface area contributed by atoms with Crippen molar-refractivity contribution in [2.45, 2.75) is 0 Å². The number of hydrogen-bond acceptors (Lipinski definition) is 14. The van der Waals surface area contributed by atoms with Crippen molar-refractivity contribution in [1.29, 1.82) is 0 Å². The molecule has 4 heterocycles. The van der Waals surface area contributed by atoms with Crippen LogP contribution < -0.4 is 31.2 Å². The summed E-state index contributed by atoms with van der Waals surface area (Å²) in [5.41, 5.74) is 7.97. The predicted octanol–water partition coefficient (Wildman–Crippen LogP) is 4.53. The zero-order valence-electron chi connectivity index (χ0n) is 29.7. The van der Waals surface area contributed by atoms with Crippen LogP contribution in [0.15, 0.2) is 48.8 Å². The van der Waals surface area contributed by atoms with Crippen LogP contribution in [-0.4, -0.2) is 90.5 Å². The van der Waals surface area contributed by atoms with E-state index in [0.717, 1.165) is 0 Å². The molecule has 0 spiro atoms. The van der Waals surface area contributed by atoms with Crippen LogP contribution in [0.5, 0.6) is 11.5 Å². The fraction of sp³-hybridized carbons (Fsp3) is 0.188. The molecule has 0 fully saturated rings. The lowest BCUT2D eigenvalue weighted by molar-refractivity contribution is 0.0949. The Hall–Kier alpha value is -6.25. The van der Waals surface area contributed by atoms with Gasteiger partial charge in [0.25, 0.3) is 11.8 Å². The van der Waals surface area contributed by atoms with E-state index in [9.17, 15) is 18.4 Å². The molecule has 55 heavy (non-hydrogen) atoms. The van der Waals surface area contributed by atoms with Gasteiger partial charge in [-0.2, -0.15) is 30.0 Å². The molecule has 2 aromatic carbocycles. The van der Waals surface area contributed by atoms with Crippen molar-refractivity contribution in [3.63, 3.8) is 0 Å². The van der Waals surface area contributed by atoms with Crippen molar-refractivity contribution in [3.05, 3.63) is 87.1 Å². The second-order valence-electron chi connectivity index (χ2n) is 10.6. The largest absolute Gasteiger partial charge is 0.494 e. The molecule has 18 nitrogen and oxygen atoms in total. The fourth-order valence-electron chi connectivity index (χ4n) is 4.53. The molecule has 0 atom stereocenters. The van der Waals surface area contributed by atoms with Crippen LogP contribution in [-0.2, 0) is 14.1 Å². The number of carbonyl (C=O) groups is 2. The normalized spacial score (nSPS) is 10.3. The van der Waals surface area contributed by atoms with Crippen LogP contribution in [0.3, 0.4) is 0 Å². The first kappa shape index (κ1) is 41.5. The number of carbonyl (C=O) groups excluding carboxylic acids is 2. The maximum atomic E-state index is 14.6. The summed E-state index contributed by atoms with van der Waals surface area (Å²) in [6.45, 7) is 0. The molecule has 0 aliphatic heterocycles. The van der Waals surface area contributed by atoms with Crippen molar-refractivity contribution in [3.8, 4) is 34.0 Å². The number of nitrogens with zero attached hydrogens (tertiary/aromatic N) is 10. The van der Waals surface area contributed by atoms with Gasteiger partial charge in [0.1, 0.15) is 28.6 Å². The lowest BCUT2D eigenvalue weighted by atomic mass is 10.1. The number of ether oxygens (including phenoxy) is 2. The first-order chi connectivity index (χ1) is 26.2. The molecule has 0 aliphatic carbocycles. The van der Waals surface area contributed by atoms with E-state index in [0.29, 0.717) is 22.5 Å². The predicted molar refractivity (Wildman–Crippen MR) is 199 cm³/mol. The topological polar surface area (TPSA) is 228 Å². The quantitative estimate of drug-likeness (QED) is 0.155. The molecular weight excluding hydrogens is 789 g/mol. The van der Waals surface area contributed by atoms with Crippen LogP contribution >= 0.6 is 34.8 Å². The summed E-state index contributed by atoms with van der Waals surface area (Å²) < 4.78 is 38.3. The summed E-state index contributed by atoms with van der Waals surface area (Å²) in [5, 5.41) is 38.7. The Morgan fingerprint density at radius 2 is 1.22 bits per heavy atom. The first-order valence-electron chi connectivity index (χ1n) is 15.4. The van der Waals surface area contributed by atoms with Crippen LogP contribution in [0.4, 0.5) is 25.8 Å². The monoisotopic (exact) mass is 818 g/mol. The SMILES string of the molecule is CNC(=O)c1nnc(Cl)cc1Cl.CNC(=O)c1nnc(Cl)cc1Nc1c(F)ccc(-c2cnn(C)n2)c1OC.COc1c(-c2cnn(C)n2)ccc(F)c1N. The number of hydrogen-bond donors (Lipinski definition) is 4. The molecule has 4 aromatic heterocycles. The van der Waals surface area contributed by atoms with Crippen molar-refractivity contribution in [2.24, 2.45) is 14.1 Å². The van der Waals surface area contributed by atoms with Crippen LogP contribution in [0.2, 0.25) is 15.3 Å². The second kappa shape index (κ2) is 18.7. The van der Waals surface area contributed by atoms with E-state index in [1.54, 1.807) is 26.4 Å². The highest BCUT2D eigenvalue weighted by atomic mass is 35.5. The summed E-state index contributed by atoms with van der Waals surface area (Å²) in [7, 11) is 9.12. The third kappa shape index (κ3) is 10.0. The Kier molecular flexibility index (Phi) is 14.1. The Balaban J connectivity index is 0.000000203. The van der Waals surface area contributed by atoms with Crippen LogP contribution in [0, 0.1) is 11.6 Å². The van der Waals surface area contributed by atoms with Gasteiger partial charge in [-0.15, -0.1) is 20.4 Å². The molecule has 6 rings (SSSR count). The molecule has 0 saturated carbocycles. The first-order valence-corrected chi connectivity index (χ1v) is 16.5. The van der Waals surface area contributed by atoms with E-state index in [1.807, 2.05) is 0 Å². The number of halogens is 5. The van der Waals surface area contributed by atoms with Gasteiger partial charge in [-0.3, -0.25) is 9.59 Å². The third-order valence-electron chi connectivity index (χ3n) is 7.03. The number of anilines is 3. The Labute approximate surface area is 326 Å². The molecule has 0 unspecified atom stereocenters. The van der Waals surface area contributed by atoms with E-state index >= 15 is 0 Å². The molecule has 2 amide bonds. The summed E-state index contributed by atoms with van der Waals surface area (Å²) in [6, 6.07) is 8.36. The van der Waals surface area contributed by atoms with Gasteiger partial charge in [-0.05, 0) is 30.3 Å². The number of nitrogens with two attached hydrogens (primary N) is 1. The molecule has 0 aliphatic rings. The third-order valence-corrected chi connectivity index (χ3v) is 7.69. The number of nitrogens with one attached hydrogen (secondary N) is 3. The average Bonchev–Trinajstić information content (AvgIpc) is 3.81. The molecule has 0 bridgehead atoms. The van der Waals surface area contributed by atoms with Gasteiger partial charge in [0.05, 0.1) is 37.3 Å². The zero-order valence-corrected chi connectivity index (χ0v) is 32.0. The van der Waals surface area contributed by atoms with Crippen molar-refractivity contribution in [1.82, 2.24) is 61.0 Å². The molecule has 288 valence electrons. The average molecular weight is 820 g/mol. The van der Waals surface area contributed by atoms with Gasteiger partial charge in [-0.25, -0.2) is 8.78 Å². The highest BCUT2D eigenvalue weighted by molar-refractivity contribution is 6.35. The Morgan fingerprint density at radius 3 is 1.71 bits per heavy atom. The Bertz CT molecular complexity index is 2330. The smallest absolute Gasteiger partial charge is 0.273 e. The van der Waals surface area contributed by atoms with Gasteiger partial charge in [-0.1, -0.05) is 34.8 Å². The minimum absolute atomic E-state index is 0.00475. The molecule has 0 saturated heterocycles. The maximum Gasteiger partial charge on any atom is 0.273 e. The van der Waals surface area contributed by atoms with E-state index < -0.39 is 17.5 Å². The number of amides is 2. The van der Waals surface area contributed by atoms with Crippen molar-refractivity contribution < 1.29 is 27.8 Å². The van der Waals surface area contributed by atoms with Crippen LogP contribution in [0.25, 0.3) is 22.5 Å². The minimum Gasteiger partial charge on any atom is -0.494 e. The van der Waals surface area contributed by atoms with E-state index in [-0.39, 0.29) is 61.2 Å². The molecule has 23 heteroatoms. The van der Waals surface area contributed by atoms with Gasteiger partial charge >= 0.3 is 0 Å². The number of rotatable bonds is 8. The summed E-state index contributed by atoms with van der Waals surface area (Å²) >= 11 is 17.0. The van der Waals surface area contributed by atoms with Gasteiger partial charge in [0.2, 0.25) is 0 Å². The van der Waals surface area contributed by atoms with Crippen LogP contribution in [0.1, 0.15) is 21.0 Å². The number of benzene rings is 2. The molecule has 5 N–H and O–H groups in total. The lowest BCUT2D eigenvalue weighted by Crippen LogP contribution is -2.21. The van der Waals surface area contributed by atoms with E-state index in [4.69, 9.17) is 50.0 Å². The number of nitrogen functional groups attached to an aromatic ring is 1. The van der Waals surface area contributed by atoms with Crippen molar-refractivity contribution >= 4 is 63.7 Å². The van der Waals surface area contributed by atoms with Gasteiger partial charge in [0, 0.05) is 45.4 Å². The lowest BCUT2D eigenvalue weighted by Gasteiger charge is -2.16. The standard InChI is InChI=1S/C16H15ClFN7O2.C10H11FN4O.C6H5Cl2N3O/c1-19-16(26)14-10(6-12(17)22-23-14)21-13-9(18)5-4-8(15(13)27-3)11-7-20-25(2)24-11;1-15-13-5-8(14-15)6-3-4-7(11)9(12)10(6)16-2;1-9-6(12)5-3(7)2-4(8)10-11-5/h4-7H,1-3H3,(H,19,26)(H,21,22);3-5H,12H2,1-2H3;2H,1H3,(H,9,12). The zero-order chi connectivity index (χ0) is 40.4. The van der Waals surface area contributed by atoms with E-state index in [2.05, 4.69) is 56.7 Å².